The Hall–Kier alpha value is -2.64. The zero-order valence-corrected chi connectivity index (χ0v) is 11.9. The van der Waals surface area contributed by atoms with Gasteiger partial charge in [0, 0.05) is 19.3 Å². The number of anilines is 1. The van der Waals surface area contributed by atoms with Gasteiger partial charge in [0.25, 0.3) is 0 Å². The predicted molar refractivity (Wildman–Crippen MR) is 78.0 cm³/mol. The average Bonchev–Trinajstić information content (AvgIpc) is 2.89. The lowest BCUT2D eigenvalue weighted by molar-refractivity contribution is -0.141. The molecule has 118 valence electrons. The summed E-state index contributed by atoms with van der Waals surface area (Å²) in [5.74, 6) is 0.112. The van der Waals surface area contributed by atoms with Gasteiger partial charge in [-0.25, -0.2) is 15.0 Å². The van der Waals surface area contributed by atoms with Gasteiger partial charge < -0.3 is 9.47 Å². The molecule has 1 aromatic carbocycles. The number of hydrogen-bond acceptors (Lipinski definition) is 4. The summed E-state index contributed by atoms with van der Waals surface area (Å²) in [6, 6.07) is 8.80. The largest absolute Gasteiger partial charge is 0.433 e. The summed E-state index contributed by atoms with van der Waals surface area (Å²) in [5.41, 5.74) is 1.00. The van der Waals surface area contributed by atoms with Gasteiger partial charge in [0.2, 0.25) is 5.95 Å². The molecule has 4 rings (SSSR count). The molecule has 0 unspecified atom stereocenters. The van der Waals surface area contributed by atoms with Gasteiger partial charge in [0.05, 0.1) is 23.4 Å². The number of halogens is 3. The van der Waals surface area contributed by atoms with E-state index in [1.54, 1.807) is 11.2 Å². The summed E-state index contributed by atoms with van der Waals surface area (Å²) in [7, 11) is 0. The molecule has 0 spiro atoms. The van der Waals surface area contributed by atoms with Gasteiger partial charge in [0.1, 0.15) is 5.69 Å². The van der Waals surface area contributed by atoms with Gasteiger partial charge in [-0.15, -0.1) is 0 Å². The number of para-hydroxylation sites is 2. The van der Waals surface area contributed by atoms with Crippen LogP contribution in [0.15, 0.2) is 42.9 Å². The van der Waals surface area contributed by atoms with Crippen LogP contribution in [0.1, 0.15) is 11.7 Å². The highest BCUT2D eigenvalue weighted by Gasteiger charge is 2.35. The number of hydrogen-bond donors (Lipinski definition) is 0. The van der Waals surface area contributed by atoms with Crippen LogP contribution in [0, 0.1) is 0 Å². The molecule has 1 aliphatic heterocycles. The Morgan fingerprint density at radius 2 is 1.83 bits per heavy atom. The Bertz CT molecular complexity index is 851. The molecular weight excluding hydrogens is 307 g/mol. The first kappa shape index (κ1) is 14.0. The quantitative estimate of drug-likeness (QED) is 0.729. The summed E-state index contributed by atoms with van der Waals surface area (Å²) in [5, 5.41) is 0. The maximum Gasteiger partial charge on any atom is 0.433 e. The first-order valence-corrected chi connectivity index (χ1v) is 7.09. The third-order valence-corrected chi connectivity index (χ3v) is 3.95. The number of imidazole rings is 1. The molecule has 23 heavy (non-hydrogen) atoms. The number of fused-ring (bicyclic) bond motifs is 1. The minimum Gasteiger partial charge on any atom is -0.337 e. The molecule has 1 saturated heterocycles. The molecule has 3 heterocycles. The molecular formula is C15H12F3N5. The Kier molecular flexibility index (Phi) is 3.00. The second-order valence-corrected chi connectivity index (χ2v) is 5.44. The van der Waals surface area contributed by atoms with Gasteiger partial charge in [-0.1, -0.05) is 12.1 Å². The van der Waals surface area contributed by atoms with Crippen molar-refractivity contribution < 1.29 is 13.2 Å². The van der Waals surface area contributed by atoms with Crippen LogP contribution in [0.25, 0.3) is 11.0 Å². The Morgan fingerprint density at radius 1 is 1.04 bits per heavy atom. The van der Waals surface area contributed by atoms with Gasteiger partial charge in [-0.05, 0) is 18.2 Å². The van der Waals surface area contributed by atoms with Crippen molar-refractivity contribution in [2.24, 2.45) is 0 Å². The van der Waals surface area contributed by atoms with Crippen molar-refractivity contribution >= 4 is 17.0 Å². The number of nitrogens with zero attached hydrogens (tertiary/aromatic N) is 5. The van der Waals surface area contributed by atoms with E-state index in [1.807, 2.05) is 28.8 Å². The smallest absolute Gasteiger partial charge is 0.337 e. The highest BCUT2D eigenvalue weighted by Crippen LogP contribution is 2.31. The van der Waals surface area contributed by atoms with E-state index in [-0.39, 0.29) is 12.0 Å². The summed E-state index contributed by atoms with van der Waals surface area (Å²) in [6.45, 7) is 1.11. The van der Waals surface area contributed by atoms with E-state index in [0.29, 0.717) is 13.1 Å². The zero-order valence-electron chi connectivity index (χ0n) is 11.9. The maximum atomic E-state index is 12.7. The van der Waals surface area contributed by atoms with Gasteiger partial charge in [-0.3, -0.25) is 0 Å². The molecule has 0 N–H and O–H groups in total. The standard InChI is InChI=1S/C15H12F3N5/c16-15(17,18)13-5-6-19-14(21-13)22-7-10(8-22)23-9-20-11-3-1-2-4-12(11)23/h1-6,9-10H,7-8H2. The molecule has 0 amide bonds. The molecule has 0 atom stereocenters. The van der Waals surface area contributed by atoms with Crippen molar-refractivity contribution in [1.82, 2.24) is 19.5 Å². The van der Waals surface area contributed by atoms with Crippen LogP contribution in [0.3, 0.4) is 0 Å². The molecule has 0 saturated carbocycles. The monoisotopic (exact) mass is 319 g/mol. The predicted octanol–water partition coefficient (Wildman–Crippen LogP) is 2.91. The molecule has 1 fully saturated rings. The Labute approximate surface area is 129 Å². The van der Waals surface area contributed by atoms with Crippen molar-refractivity contribution in [2.45, 2.75) is 12.2 Å². The fourth-order valence-electron chi connectivity index (χ4n) is 2.72. The van der Waals surface area contributed by atoms with Gasteiger partial charge >= 0.3 is 6.18 Å². The third-order valence-electron chi connectivity index (χ3n) is 3.95. The van der Waals surface area contributed by atoms with Crippen molar-refractivity contribution in [3.63, 3.8) is 0 Å². The SMILES string of the molecule is FC(F)(F)c1ccnc(N2CC(n3cnc4ccccc43)C2)n1. The minimum absolute atomic E-state index is 0.112. The van der Waals surface area contributed by atoms with E-state index in [1.165, 1.54) is 0 Å². The van der Waals surface area contributed by atoms with Crippen LogP contribution in [-0.4, -0.2) is 32.6 Å². The molecule has 0 radical (unpaired) electrons. The van der Waals surface area contributed by atoms with Crippen LogP contribution >= 0.6 is 0 Å². The second kappa shape index (κ2) is 4.94. The van der Waals surface area contributed by atoms with Gasteiger partial charge in [-0.2, -0.15) is 13.2 Å². The highest BCUT2D eigenvalue weighted by molar-refractivity contribution is 5.75. The fourth-order valence-corrected chi connectivity index (χ4v) is 2.72. The van der Waals surface area contributed by atoms with E-state index in [0.717, 1.165) is 23.3 Å². The molecule has 2 aromatic heterocycles. The number of alkyl halides is 3. The molecule has 0 bridgehead atoms. The van der Waals surface area contributed by atoms with E-state index < -0.39 is 11.9 Å². The lowest BCUT2D eigenvalue weighted by Gasteiger charge is -2.40. The zero-order chi connectivity index (χ0) is 16.0. The van der Waals surface area contributed by atoms with Crippen molar-refractivity contribution in [3.05, 3.63) is 48.5 Å². The van der Waals surface area contributed by atoms with Crippen LogP contribution in [0.5, 0.6) is 0 Å². The molecule has 0 aliphatic carbocycles. The maximum absolute atomic E-state index is 12.7. The lowest BCUT2D eigenvalue weighted by atomic mass is 10.1. The van der Waals surface area contributed by atoms with E-state index in [2.05, 4.69) is 15.0 Å². The molecule has 5 nitrogen and oxygen atoms in total. The summed E-state index contributed by atoms with van der Waals surface area (Å²) < 4.78 is 40.2. The molecule has 3 aromatic rings. The van der Waals surface area contributed by atoms with E-state index >= 15 is 0 Å². The number of benzene rings is 1. The number of aromatic nitrogens is 4. The second-order valence-electron chi connectivity index (χ2n) is 5.44. The number of rotatable bonds is 2. The van der Waals surface area contributed by atoms with Gasteiger partial charge in [0.15, 0.2) is 0 Å². The van der Waals surface area contributed by atoms with Crippen LogP contribution in [0.2, 0.25) is 0 Å². The summed E-state index contributed by atoms with van der Waals surface area (Å²) in [4.78, 5) is 13.6. The van der Waals surface area contributed by atoms with Crippen molar-refractivity contribution in [1.29, 1.82) is 0 Å². The van der Waals surface area contributed by atoms with Crippen molar-refractivity contribution in [2.75, 3.05) is 18.0 Å². The van der Waals surface area contributed by atoms with Crippen LogP contribution in [0.4, 0.5) is 19.1 Å². The Balaban J connectivity index is 1.54. The Morgan fingerprint density at radius 3 is 2.61 bits per heavy atom. The summed E-state index contributed by atoms with van der Waals surface area (Å²) in [6.07, 6.45) is -1.55. The normalized spacial score (nSPS) is 15.9. The van der Waals surface area contributed by atoms with Crippen molar-refractivity contribution in [3.8, 4) is 0 Å². The fraction of sp³-hybridized carbons (Fsp3) is 0.267. The first-order chi connectivity index (χ1) is 11.0. The highest BCUT2D eigenvalue weighted by atomic mass is 19.4. The lowest BCUT2D eigenvalue weighted by Crippen LogP contribution is -2.48. The van der Waals surface area contributed by atoms with E-state index in [4.69, 9.17) is 0 Å². The molecule has 1 aliphatic rings. The van der Waals surface area contributed by atoms with Crippen LogP contribution < -0.4 is 4.90 Å². The summed E-state index contributed by atoms with van der Waals surface area (Å²) >= 11 is 0. The minimum atomic E-state index is -4.46. The van der Waals surface area contributed by atoms with E-state index in [9.17, 15) is 13.2 Å². The molecule has 8 heteroatoms. The third kappa shape index (κ3) is 2.39. The topological polar surface area (TPSA) is 46.8 Å². The van der Waals surface area contributed by atoms with Crippen LogP contribution in [-0.2, 0) is 6.18 Å². The average molecular weight is 319 g/mol. The first-order valence-electron chi connectivity index (χ1n) is 7.09.